The summed E-state index contributed by atoms with van der Waals surface area (Å²) < 4.78 is 0. The Bertz CT molecular complexity index is 4690. The Morgan fingerprint density at radius 2 is 0.333 bits per heavy atom. The lowest BCUT2D eigenvalue weighted by Crippen LogP contribution is -1.96. The van der Waals surface area contributed by atoms with Gasteiger partial charge < -0.3 is 0 Å². The number of rotatable bonds is 4. The number of aryl methyl sites for hydroxylation is 4. The highest BCUT2D eigenvalue weighted by atomic mass is 14.4. The molecular weight excluding hydrogens is 937 g/mol. The van der Waals surface area contributed by atoms with Gasteiger partial charge in [-0.1, -0.05) is 218 Å². The summed E-state index contributed by atoms with van der Waals surface area (Å²) in [4.78, 5) is 0. The lowest BCUT2D eigenvalue weighted by Gasteiger charge is -2.21. The number of hydrogen-bond acceptors (Lipinski definition) is 0. The summed E-state index contributed by atoms with van der Waals surface area (Å²) >= 11 is 0. The first-order chi connectivity index (χ1) is 38.4. The predicted octanol–water partition coefficient (Wildman–Crippen LogP) is 22.1. The van der Waals surface area contributed by atoms with Crippen molar-refractivity contribution in [3.8, 4) is 89.0 Å². The van der Waals surface area contributed by atoms with Crippen LogP contribution in [0.2, 0.25) is 0 Å². The van der Waals surface area contributed by atoms with E-state index in [9.17, 15) is 0 Å². The number of hydrogen-bond donors (Lipinski definition) is 0. The molecule has 0 unspecified atom stereocenters. The molecule has 78 heavy (non-hydrogen) atoms. The Balaban J connectivity index is 0.888. The van der Waals surface area contributed by atoms with Crippen LogP contribution in [0.1, 0.15) is 22.3 Å². The highest BCUT2D eigenvalue weighted by molar-refractivity contribution is 6.45. The van der Waals surface area contributed by atoms with Crippen molar-refractivity contribution in [2.24, 2.45) is 0 Å². The second-order valence-electron chi connectivity index (χ2n) is 22.5. The minimum absolute atomic E-state index is 1.25. The molecule has 0 saturated carbocycles. The molecule has 0 atom stereocenters. The Morgan fingerprint density at radius 1 is 0.154 bits per heavy atom. The van der Waals surface area contributed by atoms with Gasteiger partial charge in [0.25, 0.3) is 0 Å². The van der Waals surface area contributed by atoms with Gasteiger partial charge in [0, 0.05) is 0 Å². The molecule has 0 heteroatoms. The maximum absolute atomic E-state index is 2.46. The van der Waals surface area contributed by atoms with Gasteiger partial charge >= 0.3 is 0 Å². The third-order valence-electron chi connectivity index (χ3n) is 19.0. The molecular formula is C78H48. The molecule has 18 rings (SSSR count). The van der Waals surface area contributed by atoms with Crippen LogP contribution >= 0.6 is 0 Å². The molecule has 0 heterocycles. The van der Waals surface area contributed by atoms with E-state index < -0.39 is 0 Å². The molecule has 16 aromatic rings. The molecule has 360 valence electrons. The summed E-state index contributed by atoms with van der Waals surface area (Å²) in [5.41, 5.74) is 26.5. The maximum atomic E-state index is 2.46. The van der Waals surface area contributed by atoms with Crippen molar-refractivity contribution in [3.05, 3.63) is 241 Å². The lowest BCUT2D eigenvalue weighted by molar-refractivity contribution is 1.46. The molecule has 0 spiro atoms. The largest absolute Gasteiger partial charge is 0.0622 e. The third-order valence-corrected chi connectivity index (χ3v) is 19.0. The van der Waals surface area contributed by atoms with Gasteiger partial charge in [0.05, 0.1) is 0 Å². The average Bonchev–Trinajstić information content (AvgIpc) is 4.20. The summed E-state index contributed by atoms with van der Waals surface area (Å²) in [5, 5.41) is 24.4. The second-order valence-corrected chi connectivity index (χ2v) is 22.5. The van der Waals surface area contributed by atoms with Crippen LogP contribution < -0.4 is 0 Å². The molecule has 2 aliphatic rings. The third kappa shape index (κ3) is 5.17. The van der Waals surface area contributed by atoms with Crippen molar-refractivity contribution in [3.63, 3.8) is 0 Å². The first-order valence-electron chi connectivity index (χ1n) is 27.7. The second kappa shape index (κ2) is 15.1. The predicted molar refractivity (Wildman–Crippen MR) is 336 cm³/mol. The van der Waals surface area contributed by atoms with Crippen molar-refractivity contribution in [1.82, 2.24) is 0 Å². The van der Waals surface area contributed by atoms with E-state index in [0.29, 0.717) is 0 Å². The standard InChI is InChI=1S/C78H48/c1-41-65-49(45-17-9-5-10-18-45)25-26-50(46-19-11-6-12-20-46)66(65)42(2)70-62-38-34-58-54-30-32-56-60-36-40-64-72-44(4)68-52(48-23-15-8-16-24-48)28-27-51(47-21-13-7-14-22-47)67(68)43(3)71(72)63-39-35-59(76(60)78(63)64)55-31-29-53(73(54)74(55)56)57-33-37-61(69(41)70)77(62)75(57)58/h5-40H,1-4H3. The quantitative estimate of drug-likeness (QED) is 0.122. The van der Waals surface area contributed by atoms with Crippen LogP contribution in [0.25, 0.3) is 186 Å². The number of benzene rings is 16. The van der Waals surface area contributed by atoms with Gasteiger partial charge in [-0.05, 0) is 236 Å². The lowest BCUT2D eigenvalue weighted by atomic mass is 9.82. The molecule has 0 N–H and O–H groups in total. The highest BCUT2D eigenvalue weighted by Crippen LogP contribution is 2.60. The SMILES string of the molecule is Cc1c2c(c(C)c3c(-c4ccccc4)ccc(-c4ccccc4)c13)-c1ccc3c4ccc5c6ccc7c8c(ccc(c9ccc(c%10ccc-2c1c%103)c4c95)c86)-c1c-7c(C)c2c(-c3ccccc3)ccc(-c3ccccc3)c2c1C. The first-order valence-corrected chi connectivity index (χ1v) is 27.7. The van der Waals surface area contributed by atoms with Crippen LogP contribution in [-0.2, 0) is 0 Å². The zero-order chi connectivity index (χ0) is 51.4. The zero-order valence-electron chi connectivity index (χ0n) is 43.8. The fraction of sp³-hybridized carbons (Fsp3) is 0.0513. The molecule has 0 fully saturated rings. The van der Waals surface area contributed by atoms with E-state index in [4.69, 9.17) is 0 Å². The van der Waals surface area contributed by atoms with E-state index in [1.54, 1.807) is 0 Å². The molecule has 0 aliphatic heterocycles. The molecule has 0 amide bonds. The van der Waals surface area contributed by atoms with Crippen molar-refractivity contribution in [2.45, 2.75) is 27.7 Å². The highest BCUT2D eigenvalue weighted by Gasteiger charge is 2.34. The summed E-state index contributed by atoms with van der Waals surface area (Å²) in [7, 11) is 0. The van der Waals surface area contributed by atoms with E-state index in [2.05, 4.69) is 246 Å². The van der Waals surface area contributed by atoms with Crippen LogP contribution in [-0.4, -0.2) is 0 Å². The van der Waals surface area contributed by atoms with Gasteiger partial charge in [0.1, 0.15) is 0 Å². The zero-order valence-corrected chi connectivity index (χ0v) is 43.8. The molecule has 0 bridgehead atoms. The molecule has 0 nitrogen and oxygen atoms in total. The van der Waals surface area contributed by atoms with Gasteiger partial charge in [-0.2, -0.15) is 0 Å². The Hall–Kier alpha value is -9.62. The summed E-state index contributed by atoms with van der Waals surface area (Å²) in [6.07, 6.45) is 0. The van der Waals surface area contributed by atoms with E-state index >= 15 is 0 Å². The maximum Gasteiger partial charge on any atom is -0.00137 e. The normalized spacial score (nSPS) is 12.6. The van der Waals surface area contributed by atoms with Crippen molar-refractivity contribution in [2.75, 3.05) is 0 Å². The monoisotopic (exact) mass is 984 g/mol. The van der Waals surface area contributed by atoms with Crippen LogP contribution in [0.5, 0.6) is 0 Å². The van der Waals surface area contributed by atoms with E-state index in [-0.39, 0.29) is 0 Å². The van der Waals surface area contributed by atoms with Crippen LogP contribution in [0, 0.1) is 27.7 Å². The molecule has 0 radical (unpaired) electrons. The minimum Gasteiger partial charge on any atom is -0.0622 e. The van der Waals surface area contributed by atoms with Crippen molar-refractivity contribution >= 4 is 97.0 Å². The first kappa shape index (κ1) is 42.6. The molecule has 2 aliphatic carbocycles. The fourth-order valence-electron chi connectivity index (χ4n) is 15.9. The summed E-state index contributed by atoms with van der Waals surface area (Å²) in [6, 6.07) is 82.9. The van der Waals surface area contributed by atoms with E-state index in [0.717, 1.165) is 0 Å². The van der Waals surface area contributed by atoms with Crippen LogP contribution in [0.4, 0.5) is 0 Å². The van der Waals surface area contributed by atoms with Gasteiger partial charge in [0.15, 0.2) is 0 Å². The van der Waals surface area contributed by atoms with Crippen LogP contribution in [0.3, 0.4) is 0 Å². The smallest absolute Gasteiger partial charge is 0.00137 e. The molecule has 0 saturated heterocycles. The van der Waals surface area contributed by atoms with Gasteiger partial charge in [-0.3, -0.25) is 0 Å². The van der Waals surface area contributed by atoms with Gasteiger partial charge in [-0.15, -0.1) is 0 Å². The average molecular weight is 985 g/mol. The Labute approximate surface area is 451 Å². The Kier molecular flexibility index (Phi) is 8.23. The molecule has 0 aromatic heterocycles. The Morgan fingerprint density at radius 3 is 0.551 bits per heavy atom. The van der Waals surface area contributed by atoms with Crippen molar-refractivity contribution in [1.29, 1.82) is 0 Å². The van der Waals surface area contributed by atoms with Gasteiger partial charge in [-0.25, -0.2) is 0 Å². The van der Waals surface area contributed by atoms with E-state index in [1.165, 1.54) is 208 Å². The van der Waals surface area contributed by atoms with Crippen molar-refractivity contribution < 1.29 is 0 Å². The van der Waals surface area contributed by atoms with E-state index in [1.807, 2.05) is 0 Å². The summed E-state index contributed by atoms with van der Waals surface area (Å²) in [5.74, 6) is 0. The number of fused-ring (bicyclic) bond motifs is 12. The molecule has 16 aromatic carbocycles. The fourth-order valence-corrected chi connectivity index (χ4v) is 15.9. The van der Waals surface area contributed by atoms with Crippen LogP contribution in [0.15, 0.2) is 218 Å². The van der Waals surface area contributed by atoms with Gasteiger partial charge in [0.2, 0.25) is 0 Å². The minimum atomic E-state index is 1.25. The summed E-state index contributed by atoms with van der Waals surface area (Å²) in [6.45, 7) is 9.54. The topological polar surface area (TPSA) is 0 Å².